The van der Waals surface area contributed by atoms with Crippen LogP contribution in [0.5, 0.6) is 0 Å². The summed E-state index contributed by atoms with van der Waals surface area (Å²) in [7, 11) is 0. The van der Waals surface area contributed by atoms with Crippen LogP contribution in [-0.4, -0.2) is 46.1 Å². The summed E-state index contributed by atoms with van der Waals surface area (Å²) in [6.45, 7) is 7.11. The van der Waals surface area contributed by atoms with Crippen molar-refractivity contribution < 1.29 is 4.74 Å². The Bertz CT molecular complexity index is 62.6. The maximum absolute atomic E-state index is 5.01. The van der Waals surface area contributed by atoms with Gasteiger partial charge in [0.2, 0.25) is 0 Å². The van der Waals surface area contributed by atoms with E-state index < -0.39 is 0 Å². The van der Waals surface area contributed by atoms with E-state index in [-0.39, 0.29) is 0 Å². The fourth-order valence-electron chi connectivity index (χ4n) is 0.958. The van der Waals surface area contributed by atoms with Crippen molar-refractivity contribution in [2.75, 3.05) is 46.1 Å². The van der Waals surface area contributed by atoms with Crippen molar-refractivity contribution in [2.45, 2.75) is 0 Å². The van der Waals surface area contributed by atoms with Crippen molar-refractivity contribution in [3.05, 3.63) is 0 Å². The zero-order valence-corrected chi connectivity index (χ0v) is 6.86. The highest BCUT2D eigenvalue weighted by molar-refractivity contribution is 4.55. The van der Waals surface area contributed by atoms with Crippen LogP contribution in [-0.2, 0) is 4.74 Å². The molecule has 0 spiro atoms. The van der Waals surface area contributed by atoms with Gasteiger partial charge in [0.15, 0.2) is 0 Å². The van der Waals surface area contributed by atoms with E-state index in [1.54, 1.807) is 0 Å². The van der Waals surface area contributed by atoms with Crippen LogP contribution in [0.4, 0.5) is 0 Å². The van der Waals surface area contributed by atoms with Crippen LogP contribution in [0.15, 0.2) is 0 Å². The lowest BCUT2D eigenvalue weighted by Crippen LogP contribution is -2.30. The molecule has 2 aliphatic heterocycles. The van der Waals surface area contributed by atoms with Gasteiger partial charge in [0.05, 0.1) is 13.2 Å². The summed E-state index contributed by atoms with van der Waals surface area (Å²) in [6.07, 6.45) is 0. The molecule has 11 heavy (non-hydrogen) atoms. The minimum atomic E-state index is 0.889. The quantitative estimate of drug-likeness (QED) is 0.413. The van der Waals surface area contributed by atoms with E-state index in [1.807, 2.05) is 0 Å². The Morgan fingerprint density at radius 3 is 1.55 bits per heavy atom. The Hall–Kier alpha value is -0.160. The summed E-state index contributed by atoms with van der Waals surface area (Å²) in [4.78, 5) is 0. The number of rotatable bonds is 0. The molecular formula is C7H17N3O. The highest BCUT2D eigenvalue weighted by Crippen LogP contribution is 1.76. The number of hydrogen-bond acceptors (Lipinski definition) is 4. The van der Waals surface area contributed by atoms with Gasteiger partial charge in [0.1, 0.15) is 0 Å². The summed E-state index contributed by atoms with van der Waals surface area (Å²) >= 11 is 0. The fraction of sp³-hybridized carbons (Fsp3) is 1.00. The predicted octanol–water partition coefficient (Wildman–Crippen LogP) is -1.26. The number of nitrogens with one attached hydrogen (secondary N) is 3. The molecule has 4 heteroatoms. The summed E-state index contributed by atoms with van der Waals surface area (Å²) in [5.41, 5.74) is 0. The molecule has 0 bridgehead atoms. The first kappa shape index (κ1) is 8.93. The molecule has 0 radical (unpaired) electrons. The Kier molecular flexibility index (Phi) is 5.31. The van der Waals surface area contributed by atoms with Crippen LogP contribution >= 0.6 is 0 Å². The molecule has 2 saturated heterocycles. The average Bonchev–Trinajstić information content (AvgIpc) is 2.64. The van der Waals surface area contributed by atoms with Crippen LogP contribution < -0.4 is 16.0 Å². The second kappa shape index (κ2) is 6.54. The molecule has 0 aromatic carbocycles. The van der Waals surface area contributed by atoms with Crippen molar-refractivity contribution >= 4 is 0 Å². The first-order chi connectivity index (χ1) is 5.50. The van der Waals surface area contributed by atoms with E-state index >= 15 is 0 Å². The zero-order valence-electron chi connectivity index (χ0n) is 6.86. The third kappa shape index (κ3) is 5.15. The maximum Gasteiger partial charge on any atom is 0.0591 e. The second-order valence-corrected chi connectivity index (χ2v) is 2.54. The van der Waals surface area contributed by atoms with E-state index in [9.17, 15) is 0 Å². The van der Waals surface area contributed by atoms with Gasteiger partial charge in [-0.05, 0) is 0 Å². The molecule has 2 heterocycles. The Balaban J connectivity index is 0.000000112. The van der Waals surface area contributed by atoms with Gasteiger partial charge < -0.3 is 20.7 Å². The highest BCUT2D eigenvalue weighted by Gasteiger charge is 1.93. The van der Waals surface area contributed by atoms with Crippen molar-refractivity contribution in [1.29, 1.82) is 0 Å². The number of hydrogen-bond donors (Lipinski definition) is 3. The molecule has 0 amide bonds. The average molecular weight is 159 g/mol. The topological polar surface area (TPSA) is 45.3 Å². The van der Waals surface area contributed by atoms with Gasteiger partial charge in [-0.1, -0.05) is 0 Å². The lowest BCUT2D eigenvalue weighted by molar-refractivity contribution is 0.109. The molecular weight excluding hydrogens is 142 g/mol. The Morgan fingerprint density at radius 1 is 0.727 bits per heavy atom. The second-order valence-electron chi connectivity index (χ2n) is 2.54. The standard InChI is InChI=1S/C4H9NO.C3H8N2/c1-3-6-4-2-5-1;1-2-5-3-4-1/h5H,1-4H2;4-5H,1-3H2. The molecule has 0 aromatic rings. The van der Waals surface area contributed by atoms with Crippen molar-refractivity contribution in [1.82, 2.24) is 16.0 Å². The van der Waals surface area contributed by atoms with E-state index in [4.69, 9.17) is 4.74 Å². The van der Waals surface area contributed by atoms with E-state index in [0.717, 1.165) is 46.1 Å². The maximum atomic E-state index is 5.01. The molecule has 0 aromatic heterocycles. The highest BCUT2D eigenvalue weighted by atomic mass is 16.5. The smallest absolute Gasteiger partial charge is 0.0591 e. The number of morpholine rings is 1. The molecule has 2 fully saturated rings. The minimum Gasteiger partial charge on any atom is -0.379 e. The van der Waals surface area contributed by atoms with Crippen LogP contribution in [0.2, 0.25) is 0 Å². The summed E-state index contributed by atoms with van der Waals surface area (Å²) in [5.74, 6) is 0. The fourth-order valence-corrected chi connectivity index (χ4v) is 0.958. The lowest BCUT2D eigenvalue weighted by Gasteiger charge is -2.10. The van der Waals surface area contributed by atoms with Crippen LogP contribution in [0.3, 0.4) is 0 Å². The molecule has 2 aliphatic rings. The van der Waals surface area contributed by atoms with Gasteiger partial charge in [-0.3, -0.25) is 0 Å². The first-order valence-corrected chi connectivity index (χ1v) is 4.20. The largest absolute Gasteiger partial charge is 0.379 e. The summed E-state index contributed by atoms with van der Waals surface area (Å²) in [5, 5.41) is 9.38. The Morgan fingerprint density at radius 2 is 1.36 bits per heavy atom. The summed E-state index contributed by atoms with van der Waals surface area (Å²) < 4.78 is 5.01. The third-order valence-corrected chi connectivity index (χ3v) is 1.57. The number of ether oxygens (including phenoxy) is 1. The van der Waals surface area contributed by atoms with Gasteiger partial charge in [0.25, 0.3) is 0 Å². The van der Waals surface area contributed by atoms with Gasteiger partial charge in [-0.2, -0.15) is 0 Å². The normalized spacial score (nSPS) is 24.0. The molecule has 2 rings (SSSR count). The SMILES string of the molecule is C1CNCN1.C1COCCN1. The van der Waals surface area contributed by atoms with Crippen LogP contribution in [0, 0.1) is 0 Å². The first-order valence-electron chi connectivity index (χ1n) is 4.20. The monoisotopic (exact) mass is 159 g/mol. The van der Waals surface area contributed by atoms with E-state index in [0.29, 0.717) is 0 Å². The summed E-state index contributed by atoms with van der Waals surface area (Å²) in [6, 6.07) is 0. The van der Waals surface area contributed by atoms with Gasteiger partial charge in [-0.25, -0.2) is 0 Å². The zero-order chi connectivity index (χ0) is 7.78. The predicted molar refractivity (Wildman–Crippen MR) is 44.6 cm³/mol. The van der Waals surface area contributed by atoms with E-state index in [2.05, 4.69) is 16.0 Å². The van der Waals surface area contributed by atoms with Crippen molar-refractivity contribution in [3.63, 3.8) is 0 Å². The molecule has 66 valence electrons. The lowest BCUT2D eigenvalue weighted by atomic mass is 10.5. The van der Waals surface area contributed by atoms with E-state index in [1.165, 1.54) is 0 Å². The van der Waals surface area contributed by atoms with Crippen LogP contribution in [0.25, 0.3) is 0 Å². The molecule has 0 unspecified atom stereocenters. The van der Waals surface area contributed by atoms with Crippen molar-refractivity contribution in [2.24, 2.45) is 0 Å². The molecule has 3 N–H and O–H groups in total. The molecule has 0 saturated carbocycles. The van der Waals surface area contributed by atoms with Gasteiger partial charge >= 0.3 is 0 Å². The molecule has 0 aliphatic carbocycles. The van der Waals surface area contributed by atoms with Crippen LogP contribution in [0.1, 0.15) is 0 Å². The molecule has 4 nitrogen and oxygen atoms in total. The Labute approximate surface area is 67.7 Å². The third-order valence-electron chi connectivity index (χ3n) is 1.57. The van der Waals surface area contributed by atoms with Crippen molar-refractivity contribution in [3.8, 4) is 0 Å². The molecule has 0 atom stereocenters. The van der Waals surface area contributed by atoms with Gasteiger partial charge in [-0.15, -0.1) is 0 Å². The van der Waals surface area contributed by atoms with Gasteiger partial charge in [0, 0.05) is 32.8 Å². The minimum absolute atomic E-state index is 0.889.